The highest BCUT2D eigenvalue weighted by Gasteiger charge is 2.24. The average molecular weight is 259 g/mol. The SMILES string of the molecule is CC(=O)NC[C@H]1COCc2nc3c(C)cccc3n21. The van der Waals surface area contributed by atoms with Crippen molar-refractivity contribution in [2.24, 2.45) is 0 Å². The fraction of sp³-hybridized carbons (Fsp3) is 0.429. The Bertz CT molecular complexity index is 633. The maximum absolute atomic E-state index is 11.1. The van der Waals surface area contributed by atoms with Crippen LogP contribution in [0.15, 0.2) is 18.2 Å². The van der Waals surface area contributed by atoms with Crippen LogP contribution in [0.1, 0.15) is 24.4 Å². The highest BCUT2D eigenvalue weighted by atomic mass is 16.5. The van der Waals surface area contributed by atoms with Crippen LogP contribution in [0, 0.1) is 6.92 Å². The molecule has 1 aromatic heterocycles. The largest absolute Gasteiger partial charge is 0.371 e. The van der Waals surface area contributed by atoms with Crippen molar-refractivity contribution in [1.82, 2.24) is 14.9 Å². The van der Waals surface area contributed by atoms with Crippen molar-refractivity contribution in [3.8, 4) is 0 Å². The Hall–Kier alpha value is -1.88. The minimum absolute atomic E-state index is 0.0206. The normalized spacial score (nSPS) is 18.3. The first kappa shape index (κ1) is 12.2. The Morgan fingerprint density at radius 2 is 2.42 bits per heavy atom. The molecule has 1 atom stereocenters. The Morgan fingerprint density at radius 1 is 1.58 bits per heavy atom. The topological polar surface area (TPSA) is 56.1 Å². The second kappa shape index (κ2) is 4.66. The molecule has 0 spiro atoms. The quantitative estimate of drug-likeness (QED) is 0.890. The molecule has 0 aliphatic carbocycles. The van der Waals surface area contributed by atoms with Crippen molar-refractivity contribution < 1.29 is 9.53 Å². The number of rotatable bonds is 2. The van der Waals surface area contributed by atoms with Crippen molar-refractivity contribution in [3.63, 3.8) is 0 Å². The zero-order valence-corrected chi connectivity index (χ0v) is 11.1. The molecule has 0 fully saturated rings. The van der Waals surface area contributed by atoms with Gasteiger partial charge in [0.2, 0.25) is 5.91 Å². The fourth-order valence-electron chi connectivity index (χ4n) is 2.59. The number of hydrogen-bond donors (Lipinski definition) is 1. The van der Waals surface area contributed by atoms with E-state index in [1.165, 1.54) is 6.92 Å². The van der Waals surface area contributed by atoms with Gasteiger partial charge in [-0.05, 0) is 18.6 Å². The first-order valence-electron chi connectivity index (χ1n) is 6.45. The molecule has 1 N–H and O–H groups in total. The van der Waals surface area contributed by atoms with Gasteiger partial charge in [0.25, 0.3) is 0 Å². The minimum Gasteiger partial charge on any atom is -0.371 e. The molecule has 0 bridgehead atoms. The number of aryl methyl sites for hydroxylation is 1. The van der Waals surface area contributed by atoms with E-state index >= 15 is 0 Å². The van der Waals surface area contributed by atoms with Crippen molar-refractivity contribution in [3.05, 3.63) is 29.6 Å². The second-order valence-electron chi connectivity index (χ2n) is 4.95. The summed E-state index contributed by atoms with van der Waals surface area (Å²) < 4.78 is 7.77. The van der Waals surface area contributed by atoms with E-state index in [1.54, 1.807) is 0 Å². The van der Waals surface area contributed by atoms with Crippen molar-refractivity contribution >= 4 is 16.9 Å². The third kappa shape index (κ3) is 2.10. The summed E-state index contributed by atoms with van der Waals surface area (Å²) in [5.41, 5.74) is 3.31. The molecule has 0 saturated carbocycles. The van der Waals surface area contributed by atoms with Gasteiger partial charge < -0.3 is 14.6 Å². The molecule has 1 amide bonds. The first-order valence-corrected chi connectivity index (χ1v) is 6.45. The lowest BCUT2D eigenvalue weighted by molar-refractivity contribution is -0.119. The Morgan fingerprint density at radius 3 is 3.21 bits per heavy atom. The summed E-state index contributed by atoms with van der Waals surface area (Å²) in [5.74, 6) is 0.915. The molecule has 1 aliphatic heterocycles. The molecule has 1 aromatic carbocycles. The van der Waals surface area contributed by atoms with E-state index < -0.39 is 0 Å². The molecule has 0 unspecified atom stereocenters. The van der Waals surface area contributed by atoms with Crippen LogP contribution < -0.4 is 5.32 Å². The van der Waals surface area contributed by atoms with Gasteiger partial charge in [-0.25, -0.2) is 4.98 Å². The highest BCUT2D eigenvalue weighted by molar-refractivity contribution is 5.79. The van der Waals surface area contributed by atoms with E-state index in [2.05, 4.69) is 33.9 Å². The van der Waals surface area contributed by atoms with E-state index in [0.29, 0.717) is 19.8 Å². The summed E-state index contributed by atoms with van der Waals surface area (Å²) in [4.78, 5) is 15.7. The number of fused-ring (bicyclic) bond motifs is 3. The molecular formula is C14H17N3O2. The predicted molar refractivity (Wildman–Crippen MR) is 71.8 cm³/mol. The number of para-hydroxylation sites is 1. The average Bonchev–Trinajstić information content (AvgIpc) is 2.77. The van der Waals surface area contributed by atoms with Gasteiger partial charge in [-0.3, -0.25) is 4.79 Å². The predicted octanol–water partition coefficient (Wildman–Crippen LogP) is 1.55. The standard InChI is InChI=1S/C14H17N3O2/c1-9-4-3-5-12-14(9)16-13-8-19-7-11(17(12)13)6-15-10(2)18/h3-5,11H,6-8H2,1-2H3,(H,15,18)/t11-/m0/s1. The zero-order valence-electron chi connectivity index (χ0n) is 11.1. The van der Waals surface area contributed by atoms with Crippen LogP contribution >= 0.6 is 0 Å². The van der Waals surface area contributed by atoms with Gasteiger partial charge in [0, 0.05) is 13.5 Å². The van der Waals surface area contributed by atoms with Crippen molar-refractivity contribution in [1.29, 1.82) is 0 Å². The number of ether oxygens (including phenoxy) is 1. The molecule has 1 aliphatic rings. The second-order valence-corrected chi connectivity index (χ2v) is 4.95. The third-order valence-electron chi connectivity index (χ3n) is 3.49. The summed E-state index contributed by atoms with van der Waals surface area (Å²) in [6.07, 6.45) is 0. The molecule has 0 saturated heterocycles. The number of benzene rings is 1. The summed E-state index contributed by atoms with van der Waals surface area (Å²) >= 11 is 0. The van der Waals surface area contributed by atoms with Gasteiger partial charge in [-0.1, -0.05) is 12.1 Å². The van der Waals surface area contributed by atoms with Crippen LogP contribution in [0.25, 0.3) is 11.0 Å². The Balaban J connectivity index is 2.05. The van der Waals surface area contributed by atoms with Crippen LogP contribution in [0.4, 0.5) is 0 Å². The third-order valence-corrected chi connectivity index (χ3v) is 3.49. The molecular weight excluding hydrogens is 242 g/mol. The zero-order chi connectivity index (χ0) is 13.4. The van der Waals surface area contributed by atoms with Crippen LogP contribution in [-0.2, 0) is 16.1 Å². The Labute approximate surface area is 111 Å². The molecule has 5 nitrogen and oxygen atoms in total. The molecule has 19 heavy (non-hydrogen) atoms. The summed E-state index contributed by atoms with van der Waals surface area (Å²) in [7, 11) is 0. The summed E-state index contributed by atoms with van der Waals surface area (Å²) in [6, 6.07) is 6.28. The van der Waals surface area contributed by atoms with Crippen LogP contribution in [0.5, 0.6) is 0 Å². The highest BCUT2D eigenvalue weighted by Crippen LogP contribution is 2.27. The molecule has 100 valence electrons. The van der Waals surface area contributed by atoms with Crippen molar-refractivity contribution in [2.45, 2.75) is 26.5 Å². The van der Waals surface area contributed by atoms with E-state index in [-0.39, 0.29) is 11.9 Å². The lowest BCUT2D eigenvalue weighted by Gasteiger charge is -2.26. The smallest absolute Gasteiger partial charge is 0.216 e. The van der Waals surface area contributed by atoms with E-state index in [0.717, 1.165) is 22.4 Å². The summed E-state index contributed by atoms with van der Waals surface area (Å²) in [5, 5.41) is 2.86. The van der Waals surface area contributed by atoms with E-state index in [9.17, 15) is 4.79 Å². The maximum Gasteiger partial charge on any atom is 0.216 e. The van der Waals surface area contributed by atoms with E-state index in [1.807, 2.05) is 6.07 Å². The minimum atomic E-state index is -0.0206. The molecule has 3 rings (SSSR count). The molecule has 5 heteroatoms. The lowest BCUT2D eigenvalue weighted by Crippen LogP contribution is -2.34. The monoisotopic (exact) mass is 259 g/mol. The van der Waals surface area contributed by atoms with Gasteiger partial charge >= 0.3 is 0 Å². The number of imidazole rings is 1. The number of hydrogen-bond acceptors (Lipinski definition) is 3. The van der Waals surface area contributed by atoms with Gasteiger partial charge in [-0.15, -0.1) is 0 Å². The number of nitrogens with one attached hydrogen (secondary N) is 1. The van der Waals surface area contributed by atoms with Crippen LogP contribution in [0.3, 0.4) is 0 Å². The number of carbonyl (C=O) groups is 1. The Kier molecular flexibility index (Phi) is 2.98. The molecule has 0 radical (unpaired) electrons. The number of aromatic nitrogens is 2. The maximum atomic E-state index is 11.1. The number of nitrogens with zero attached hydrogens (tertiary/aromatic N) is 2. The summed E-state index contributed by atoms with van der Waals surface area (Å²) in [6.45, 7) is 5.30. The fourth-order valence-corrected chi connectivity index (χ4v) is 2.59. The number of amides is 1. The van der Waals surface area contributed by atoms with Crippen molar-refractivity contribution in [2.75, 3.05) is 13.2 Å². The molecule has 2 heterocycles. The van der Waals surface area contributed by atoms with Gasteiger partial charge in [0.1, 0.15) is 12.4 Å². The van der Waals surface area contributed by atoms with Crippen LogP contribution in [0.2, 0.25) is 0 Å². The first-order chi connectivity index (χ1) is 9.16. The van der Waals surface area contributed by atoms with Crippen LogP contribution in [-0.4, -0.2) is 28.6 Å². The lowest BCUT2D eigenvalue weighted by atomic mass is 10.2. The number of carbonyl (C=O) groups excluding carboxylic acids is 1. The molecule has 2 aromatic rings. The van der Waals surface area contributed by atoms with Gasteiger partial charge in [0.15, 0.2) is 0 Å². The van der Waals surface area contributed by atoms with E-state index in [4.69, 9.17) is 4.74 Å². The van der Waals surface area contributed by atoms with Gasteiger partial charge in [0.05, 0.1) is 23.7 Å². The van der Waals surface area contributed by atoms with Gasteiger partial charge in [-0.2, -0.15) is 0 Å².